The molecule has 3 rings (SSSR count). The van der Waals surface area contributed by atoms with E-state index in [-0.39, 0.29) is 0 Å². The monoisotopic (exact) mass is 215 g/mol. The summed E-state index contributed by atoms with van der Waals surface area (Å²) in [5.41, 5.74) is 2.14. The van der Waals surface area contributed by atoms with Crippen LogP contribution < -0.4 is 5.32 Å². The van der Waals surface area contributed by atoms with Gasteiger partial charge in [-0.1, -0.05) is 43.2 Å². The molecule has 1 atom stereocenters. The summed E-state index contributed by atoms with van der Waals surface area (Å²) >= 11 is 0. The van der Waals surface area contributed by atoms with E-state index in [1.54, 1.807) is 0 Å². The van der Waals surface area contributed by atoms with Crippen LogP contribution in [0.25, 0.3) is 0 Å². The first-order valence-corrected chi connectivity index (χ1v) is 6.66. The molecule has 1 heteroatoms. The van der Waals surface area contributed by atoms with Gasteiger partial charge in [0.1, 0.15) is 0 Å². The number of hydrogen-bond donors (Lipinski definition) is 1. The van der Waals surface area contributed by atoms with Crippen LogP contribution in [-0.4, -0.2) is 12.6 Å². The quantitative estimate of drug-likeness (QED) is 0.799. The van der Waals surface area contributed by atoms with Crippen molar-refractivity contribution in [3.63, 3.8) is 0 Å². The first kappa shape index (κ1) is 10.3. The van der Waals surface area contributed by atoms with E-state index in [9.17, 15) is 0 Å². The Kier molecular flexibility index (Phi) is 2.72. The van der Waals surface area contributed by atoms with Crippen LogP contribution >= 0.6 is 0 Å². The average Bonchev–Trinajstić information content (AvgIpc) is 2.93. The van der Waals surface area contributed by atoms with E-state index in [1.165, 1.54) is 50.6 Å². The zero-order chi connectivity index (χ0) is 10.8. The van der Waals surface area contributed by atoms with Crippen LogP contribution in [0.3, 0.4) is 0 Å². The Morgan fingerprint density at radius 3 is 2.56 bits per heavy atom. The van der Waals surface area contributed by atoms with E-state index in [0.717, 1.165) is 6.04 Å². The molecule has 1 saturated heterocycles. The molecule has 2 aliphatic rings. The molecule has 1 heterocycles. The Labute approximate surface area is 98.3 Å². The third-order valence-electron chi connectivity index (χ3n) is 4.63. The van der Waals surface area contributed by atoms with Gasteiger partial charge in [-0.15, -0.1) is 0 Å². The van der Waals surface area contributed by atoms with Crippen LogP contribution in [0.4, 0.5) is 0 Å². The molecule has 1 N–H and O–H groups in total. The fourth-order valence-electron chi connectivity index (χ4n) is 3.70. The highest BCUT2D eigenvalue weighted by atomic mass is 15.0. The molecule has 0 aromatic heterocycles. The maximum Gasteiger partial charge on any atom is 0.0164 e. The Bertz CT molecular complexity index is 332. The van der Waals surface area contributed by atoms with Gasteiger partial charge in [0.15, 0.2) is 0 Å². The summed E-state index contributed by atoms with van der Waals surface area (Å²) in [5, 5.41) is 3.74. The fraction of sp³-hybridized carbons (Fsp3) is 0.600. The molecule has 2 fully saturated rings. The van der Waals surface area contributed by atoms with Crippen molar-refractivity contribution in [2.75, 3.05) is 6.54 Å². The second-order valence-corrected chi connectivity index (χ2v) is 5.52. The van der Waals surface area contributed by atoms with E-state index < -0.39 is 0 Å². The van der Waals surface area contributed by atoms with Crippen molar-refractivity contribution in [3.8, 4) is 0 Å². The summed E-state index contributed by atoms with van der Waals surface area (Å²) in [4.78, 5) is 0. The zero-order valence-corrected chi connectivity index (χ0v) is 9.91. The minimum atomic E-state index is 0.649. The summed E-state index contributed by atoms with van der Waals surface area (Å²) in [6.45, 7) is 1.23. The Balaban J connectivity index is 1.75. The van der Waals surface area contributed by atoms with E-state index in [1.807, 2.05) is 0 Å². The largest absolute Gasteiger partial charge is 0.313 e. The van der Waals surface area contributed by atoms with Crippen molar-refractivity contribution >= 4 is 0 Å². The predicted octanol–water partition coefficient (Wildman–Crippen LogP) is 3.15. The Hall–Kier alpha value is -0.820. The zero-order valence-electron chi connectivity index (χ0n) is 9.91. The van der Waals surface area contributed by atoms with Gasteiger partial charge in [0.05, 0.1) is 0 Å². The first-order valence-electron chi connectivity index (χ1n) is 6.66. The van der Waals surface area contributed by atoms with Crippen molar-refractivity contribution in [2.45, 2.75) is 44.6 Å². The molecule has 86 valence electrons. The van der Waals surface area contributed by atoms with Gasteiger partial charge in [-0.3, -0.25) is 0 Å². The van der Waals surface area contributed by atoms with Gasteiger partial charge < -0.3 is 5.32 Å². The molecule has 1 aromatic carbocycles. The molecule has 0 bridgehead atoms. The third kappa shape index (κ3) is 1.78. The summed E-state index contributed by atoms with van der Waals surface area (Å²) < 4.78 is 0. The molecule has 1 aliphatic carbocycles. The van der Waals surface area contributed by atoms with Crippen LogP contribution in [0.2, 0.25) is 0 Å². The lowest BCUT2D eigenvalue weighted by molar-refractivity contribution is 0.254. The second kappa shape index (κ2) is 4.21. The van der Waals surface area contributed by atoms with Crippen molar-refractivity contribution in [2.24, 2.45) is 5.41 Å². The van der Waals surface area contributed by atoms with Gasteiger partial charge in [0.25, 0.3) is 0 Å². The summed E-state index contributed by atoms with van der Waals surface area (Å²) in [7, 11) is 0. The van der Waals surface area contributed by atoms with Crippen molar-refractivity contribution < 1.29 is 0 Å². The fourth-order valence-corrected chi connectivity index (χ4v) is 3.70. The summed E-state index contributed by atoms with van der Waals surface area (Å²) in [6.07, 6.45) is 8.44. The molecular formula is C15H21N. The van der Waals surface area contributed by atoms with Crippen molar-refractivity contribution in [1.29, 1.82) is 0 Å². The number of nitrogens with one attached hydrogen (secondary N) is 1. The van der Waals surface area contributed by atoms with Crippen LogP contribution in [0.1, 0.15) is 37.7 Å². The van der Waals surface area contributed by atoms with Gasteiger partial charge in [0.2, 0.25) is 0 Å². The lowest BCUT2D eigenvalue weighted by atomic mass is 9.76. The molecule has 1 spiro atoms. The van der Waals surface area contributed by atoms with E-state index in [4.69, 9.17) is 0 Å². The van der Waals surface area contributed by atoms with Crippen molar-refractivity contribution in [1.82, 2.24) is 5.32 Å². The SMILES string of the molecule is c1ccc(CC2NCCC23CCCC3)cc1. The number of hydrogen-bond acceptors (Lipinski definition) is 1. The molecule has 1 unspecified atom stereocenters. The lowest BCUT2D eigenvalue weighted by Gasteiger charge is -2.30. The van der Waals surface area contributed by atoms with E-state index in [0.29, 0.717) is 5.41 Å². The van der Waals surface area contributed by atoms with Crippen LogP contribution in [0.15, 0.2) is 30.3 Å². The molecule has 16 heavy (non-hydrogen) atoms. The third-order valence-corrected chi connectivity index (χ3v) is 4.63. The van der Waals surface area contributed by atoms with E-state index in [2.05, 4.69) is 35.6 Å². The van der Waals surface area contributed by atoms with Crippen LogP contribution in [0.5, 0.6) is 0 Å². The van der Waals surface area contributed by atoms with Gasteiger partial charge >= 0.3 is 0 Å². The Morgan fingerprint density at radius 1 is 1.06 bits per heavy atom. The highest BCUT2D eigenvalue weighted by Gasteiger charge is 2.44. The van der Waals surface area contributed by atoms with Crippen molar-refractivity contribution in [3.05, 3.63) is 35.9 Å². The smallest absolute Gasteiger partial charge is 0.0164 e. The molecule has 0 radical (unpaired) electrons. The van der Waals surface area contributed by atoms with Gasteiger partial charge in [-0.25, -0.2) is 0 Å². The minimum Gasteiger partial charge on any atom is -0.313 e. The van der Waals surface area contributed by atoms with Gasteiger partial charge in [0, 0.05) is 6.04 Å². The van der Waals surface area contributed by atoms with E-state index >= 15 is 0 Å². The summed E-state index contributed by atoms with van der Waals surface area (Å²) in [6, 6.07) is 11.7. The summed E-state index contributed by atoms with van der Waals surface area (Å²) in [5.74, 6) is 0. The van der Waals surface area contributed by atoms with Crippen LogP contribution in [0, 0.1) is 5.41 Å². The number of benzene rings is 1. The molecule has 1 saturated carbocycles. The highest BCUT2D eigenvalue weighted by Crippen LogP contribution is 2.47. The standard InChI is InChI=1S/C15H21N/c1-2-6-13(7-3-1)12-14-15(10-11-16-14)8-4-5-9-15/h1-3,6-7,14,16H,4-5,8-12H2. The maximum atomic E-state index is 3.74. The number of rotatable bonds is 2. The van der Waals surface area contributed by atoms with Gasteiger partial charge in [-0.05, 0) is 43.2 Å². The molecule has 1 nitrogen and oxygen atoms in total. The van der Waals surface area contributed by atoms with Crippen LogP contribution in [-0.2, 0) is 6.42 Å². The topological polar surface area (TPSA) is 12.0 Å². The first-order chi connectivity index (χ1) is 7.89. The average molecular weight is 215 g/mol. The van der Waals surface area contributed by atoms with Gasteiger partial charge in [-0.2, -0.15) is 0 Å². The lowest BCUT2D eigenvalue weighted by Crippen LogP contribution is -2.36. The molecule has 0 amide bonds. The minimum absolute atomic E-state index is 0.649. The molecular weight excluding hydrogens is 194 g/mol. The Morgan fingerprint density at radius 2 is 1.81 bits per heavy atom. The molecule has 1 aliphatic heterocycles. The predicted molar refractivity (Wildman–Crippen MR) is 67.5 cm³/mol. The normalized spacial score (nSPS) is 27.6. The highest BCUT2D eigenvalue weighted by molar-refractivity contribution is 5.18. The maximum absolute atomic E-state index is 3.74. The molecule has 1 aromatic rings. The second-order valence-electron chi connectivity index (χ2n) is 5.52.